The maximum atomic E-state index is 12.0. The molecule has 0 aliphatic heterocycles. The number of aryl methyl sites for hydroxylation is 1. The van der Waals surface area contributed by atoms with Gasteiger partial charge in [0.25, 0.3) is 0 Å². The highest BCUT2D eigenvalue weighted by atomic mass is 127. The molecule has 6 heteroatoms. The Morgan fingerprint density at radius 1 is 1.17 bits per heavy atom. The monoisotopic (exact) mass is 377 g/mol. The summed E-state index contributed by atoms with van der Waals surface area (Å²) < 4.78 is 32.7. The molecule has 18 heavy (non-hydrogen) atoms. The summed E-state index contributed by atoms with van der Waals surface area (Å²) in [6, 6.07) is 10.2. The zero-order chi connectivity index (χ0) is 13.2. The van der Waals surface area contributed by atoms with E-state index in [2.05, 4.69) is 27.3 Å². The number of sulfonamides is 1. The lowest BCUT2D eigenvalue weighted by atomic mass is 10.4. The summed E-state index contributed by atoms with van der Waals surface area (Å²) in [5, 5.41) is 0. The zero-order valence-corrected chi connectivity index (χ0v) is 12.7. The molecular formula is C12H12INO3S. The van der Waals surface area contributed by atoms with Crippen molar-refractivity contribution in [2.45, 2.75) is 18.4 Å². The molecule has 1 aromatic heterocycles. The lowest BCUT2D eigenvalue weighted by Gasteiger charge is -2.05. The maximum Gasteiger partial charge on any atom is 0.240 e. The average Bonchev–Trinajstić information content (AvgIpc) is 2.73. The van der Waals surface area contributed by atoms with E-state index in [0.717, 1.165) is 9.33 Å². The summed E-state index contributed by atoms with van der Waals surface area (Å²) in [5.41, 5.74) is 0. The minimum atomic E-state index is -3.48. The quantitative estimate of drug-likeness (QED) is 0.834. The summed E-state index contributed by atoms with van der Waals surface area (Å²) >= 11 is 2.13. The molecule has 0 spiro atoms. The largest absolute Gasteiger partial charge is 0.465 e. The van der Waals surface area contributed by atoms with Crippen LogP contribution in [0.5, 0.6) is 0 Å². The van der Waals surface area contributed by atoms with Crippen LogP contribution in [0.3, 0.4) is 0 Å². The second-order valence-electron chi connectivity index (χ2n) is 3.79. The van der Waals surface area contributed by atoms with Gasteiger partial charge in [0.1, 0.15) is 11.5 Å². The van der Waals surface area contributed by atoms with Gasteiger partial charge in [0, 0.05) is 3.57 Å². The Morgan fingerprint density at radius 3 is 2.39 bits per heavy atom. The summed E-state index contributed by atoms with van der Waals surface area (Å²) in [7, 11) is -3.48. The van der Waals surface area contributed by atoms with E-state index in [9.17, 15) is 8.42 Å². The van der Waals surface area contributed by atoms with Gasteiger partial charge in [-0.1, -0.05) is 0 Å². The molecule has 2 rings (SSSR count). The number of furan rings is 1. The average molecular weight is 377 g/mol. The van der Waals surface area contributed by atoms with Crippen LogP contribution in [0.15, 0.2) is 45.7 Å². The standard InChI is InChI=1S/C12H12INO3S/c1-9-2-5-11(17-9)8-14-18(15,16)12-6-3-10(13)4-7-12/h2-7,14H,8H2,1H3. The summed E-state index contributed by atoms with van der Waals surface area (Å²) in [6.07, 6.45) is 0. The van der Waals surface area contributed by atoms with Gasteiger partial charge in [-0.25, -0.2) is 13.1 Å². The van der Waals surface area contributed by atoms with E-state index in [0.29, 0.717) is 5.76 Å². The van der Waals surface area contributed by atoms with E-state index in [-0.39, 0.29) is 11.4 Å². The molecule has 0 bridgehead atoms. The van der Waals surface area contributed by atoms with Crippen LogP contribution in [0.25, 0.3) is 0 Å². The zero-order valence-electron chi connectivity index (χ0n) is 9.68. The van der Waals surface area contributed by atoms with Crippen molar-refractivity contribution in [3.8, 4) is 0 Å². The molecule has 2 aromatic rings. The Bertz CT molecular complexity index is 632. The second-order valence-corrected chi connectivity index (χ2v) is 6.80. The Morgan fingerprint density at radius 2 is 1.83 bits per heavy atom. The van der Waals surface area contributed by atoms with Gasteiger partial charge in [0.2, 0.25) is 10.0 Å². The third-order valence-corrected chi connectivity index (χ3v) is 4.49. The van der Waals surface area contributed by atoms with E-state index in [1.165, 1.54) is 0 Å². The normalized spacial score (nSPS) is 11.7. The van der Waals surface area contributed by atoms with Crippen molar-refractivity contribution < 1.29 is 12.8 Å². The van der Waals surface area contributed by atoms with Crippen molar-refractivity contribution in [2.75, 3.05) is 0 Å². The molecular weight excluding hydrogens is 365 g/mol. The van der Waals surface area contributed by atoms with E-state index in [1.807, 2.05) is 6.92 Å². The van der Waals surface area contributed by atoms with Gasteiger partial charge in [0.05, 0.1) is 11.4 Å². The molecule has 0 amide bonds. The van der Waals surface area contributed by atoms with Crippen molar-refractivity contribution in [1.82, 2.24) is 4.72 Å². The molecule has 0 aliphatic carbocycles. The fraction of sp³-hybridized carbons (Fsp3) is 0.167. The van der Waals surface area contributed by atoms with E-state index >= 15 is 0 Å². The van der Waals surface area contributed by atoms with Gasteiger partial charge in [0.15, 0.2) is 0 Å². The van der Waals surface area contributed by atoms with Crippen molar-refractivity contribution in [3.63, 3.8) is 0 Å². The third kappa shape index (κ3) is 3.33. The van der Waals surface area contributed by atoms with Gasteiger partial charge >= 0.3 is 0 Å². The Labute approximate surface area is 120 Å². The highest BCUT2D eigenvalue weighted by Crippen LogP contribution is 2.13. The van der Waals surface area contributed by atoms with Gasteiger partial charge in [-0.3, -0.25) is 0 Å². The Hall–Kier alpha value is -0.860. The first-order valence-electron chi connectivity index (χ1n) is 5.28. The van der Waals surface area contributed by atoms with Crippen LogP contribution in [0, 0.1) is 10.5 Å². The number of hydrogen-bond donors (Lipinski definition) is 1. The number of hydrogen-bond acceptors (Lipinski definition) is 3. The van der Waals surface area contributed by atoms with E-state index < -0.39 is 10.0 Å². The predicted octanol–water partition coefficient (Wildman–Crippen LogP) is 2.67. The molecule has 96 valence electrons. The summed E-state index contributed by atoms with van der Waals surface area (Å²) in [5.74, 6) is 1.36. The third-order valence-electron chi connectivity index (χ3n) is 2.36. The molecule has 1 N–H and O–H groups in total. The van der Waals surface area contributed by atoms with Crippen LogP contribution in [-0.2, 0) is 16.6 Å². The van der Waals surface area contributed by atoms with Crippen LogP contribution in [-0.4, -0.2) is 8.42 Å². The first kappa shape index (κ1) is 13.6. The van der Waals surface area contributed by atoms with Gasteiger partial charge in [-0.05, 0) is 65.9 Å². The minimum Gasteiger partial charge on any atom is -0.465 e. The van der Waals surface area contributed by atoms with Crippen molar-refractivity contribution in [3.05, 3.63) is 51.5 Å². The van der Waals surface area contributed by atoms with E-state index in [1.54, 1.807) is 36.4 Å². The van der Waals surface area contributed by atoms with Crippen LogP contribution in [0.2, 0.25) is 0 Å². The molecule has 4 nitrogen and oxygen atoms in total. The maximum absolute atomic E-state index is 12.0. The summed E-state index contributed by atoms with van der Waals surface area (Å²) in [4.78, 5) is 0.256. The van der Waals surface area contributed by atoms with Crippen LogP contribution in [0.1, 0.15) is 11.5 Å². The lowest BCUT2D eigenvalue weighted by molar-refractivity contribution is 0.475. The number of halogens is 1. The van der Waals surface area contributed by atoms with Crippen molar-refractivity contribution in [1.29, 1.82) is 0 Å². The first-order chi connectivity index (χ1) is 8.47. The number of nitrogens with one attached hydrogen (secondary N) is 1. The Balaban J connectivity index is 2.10. The van der Waals surface area contributed by atoms with Crippen LogP contribution < -0.4 is 4.72 Å². The lowest BCUT2D eigenvalue weighted by Crippen LogP contribution is -2.22. The minimum absolute atomic E-state index is 0.155. The number of rotatable bonds is 4. The second kappa shape index (κ2) is 5.41. The van der Waals surface area contributed by atoms with Gasteiger partial charge in [-0.2, -0.15) is 0 Å². The molecule has 0 fully saturated rings. The molecule has 0 aliphatic rings. The molecule has 1 aromatic carbocycles. The highest BCUT2D eigenvalue weighted by Gasteiger charge is 2.14. The van der Waals surface area contributed by atoms with Gasteiger partial charge < -0.3 is 4.42 Å². The topological polar surface area (TPSA) is 59.3 Å². The molecule has 0 atom stereocenters. The molecule has 0 radical (unpaired) electrons. The fourth-order valence-corrected chi connectivity index (χ4v) is 2.80. The van der Waals surface area contributed by atoms with Crippen molar-refractivity contribution >= 4 is 32.6 Å². The highest BCUT2D eigenvalue weighted by molar-refractivity contribution is 14.1. The molecule has 0 unspecified atom stereocenters. The first-order valence-corrected chi connectivity index (χ1v) is 7.84. The SMILES string of the molecule is Cc1ccc(CNS(=O)(=O)c2ccc(I)cc2)o1. The predicted molar refractivity (Wildman–Crippen MR) is 76.6 cm³/mol. The van der Waals surface area contributed by atoms with E-state index in [4.69, 9.17) is 4.42 Å². The summed E-state index contributed by atoms with van der Waals surface area (Å²) in [6.45, 7) is 1.97. The van der Waals surface area contributed by atoms with Gasteiger partial charge in [-0.15, -0.1) is 0 Å². The van der Waals surface area contributed by atoms with Crippen LogP contribution in [0.4, 0.5) is 0 Å². The molecule has 1 heterocycles. The van der Waals surface area contributed by atoms with Crippen LogP contribution >= 0.6 is 22.6 Å². The van der Waals surface area contributed by atoms with Crippen molar-refractivity contribution in [2.24, 2.45) is 0 Å². The fourth-order valence-electron chi connectivity index (χ4n) is 1.44. The number of benzene rings is 1. The smallest absolute Gasteiger partial charge is 0.240 e. The molecule has 0 saturated heterocycles. The molecule has 0 saturated carbocycles. The Kier molecular flexibility index (Phi) is 4.08.